The molecule has 0 unspecified atom stereocenters. The number of hydrogen-bond donors (Lipinski definition) is 1. The van der Waals surface area contributed by atoms with Gasteiger partial charge in [0.2, 0.25) is 11.8 Å². The van der Waals surface area contributed by atoms with Gasteiger partial charge in [-0.3, -0.25) is 9.59 Å². The van der Waals surface area contributed by atoms with Gasteiger partial charge >= 0.3 is 0 Å². The van der Waals surface area contributed by atoms with Crippen LogP contribution in [0, 0.1) is 0 Å². The normalized spacial score (nSPS) is 12.4. The quantitative estimate of drug-likeness (QED) is 0.464. The molecule has 0 heterocycles. The molecule has 8 heteroatoms. The van der Waals surface area contributed by atoms with Crippen molar-refractivity contribution in [3.05, 3.63) is 67.6 Å². The maximum absolute atomic E-state index is 13.4. The summed E-state index contributed by atoms with van der Waals surface area (Å²) in [5.41, 5.74) is 0.765. The molecule has 168 valence electrons. The van der Waals surface area contributed by atoms with Crippen LogP contribution in [0.2, 0.25) is 20.1 Å². The molecule has 4 nitrogen and oxygen atoms in total. The lowest BCUT2D eigenvalue weighted by Crippen LogP contribution is -2.53. The number of rotatable bonds is 7. The zero-order valence-corrected chi connectivity index (χ0v) is 21.0. The van der Waals surface area contributed by atoms with Crippen LogP contribution in [0.25, 0.3) is 0 Å². The summed E-state index contributed by atoms with van der Waals surface area (Å²) in [6.45, 7) is 7.63. The predicted octanol–water partition coefficient (Wildman–Crippen LogP) is 6.56. The van der Waals surface area contributed by atoms with E-state index in [0.717, 1.165) is 0 Å². The number of benzene rings is 2. The number of nitrogens with zero attached hydrogens (tertiary/aromatic N) is 1. The molecular formula is C23H26Cl4N2O2. The fourth-order valence-corrected chi connectivity index (χ4v) is 4.15. The molecule has 0 aliphatic heterocycles. The average molecular weight is 504 g/mol. The summed E-state index contributed by atoms with van der Waals surface area (Å²) in [7, 11) is 0. The Morgan fingerprint density at radius 2 is 1.61 bits per heavy atom. The Balaban J connectivity index is 2.42. The van der Waals surface area contributed by atoms with Crippen LogP contribution in [0.4, 0.5) is 0 Å². The molecule has 0 radical (unpaired) electrons. The molecule has 31 heavy (non-hydrogen) atoms. The fourth-order valence-electron chi connectivity index (χ4n) is 3.16. The maximum Gasteiger partial charge on any atom is 0.243 e. The van der Waals surface area contributed by atoms with Gasteiger partial charge in [0.15, 0.2) is 0 Å². The van der Waals surface area contributed by atoms with E-state index < -0.39 is 11.6 Å². The van der Waals surface area contributed by atoms with E-state index in [0.29, 0.717) is 37.6 Å². The van der Waals surface area contributed by atoms with Crippen molar-refractivity contribution in [2.45, 2.75) is 58.7 Å². The highest BCUT2D eigenvalue weighted by atomic mass is 35.5. The first-order chi connectivity index (χ1) is 14.4. The molecule has 0 bridgehead atoms. The molecule has 0 aliphatic rings. The average Bonchev–Trinajstić information content (AvgIpc) is 2.64. The number of carbonyl (C=O) groups excluding carboxylic acids is 2. The molecule has 0 saturated heterocycles. The summed E-state index contributed by atoms with van der Waals surface area (Å²) in [5.74, 6) is -0.509. The second-order valence-electron chi connectivity index (χ2n) is 8.30. The summed E-state index contributed by atoms with van der Waals surface area (Å²) >= 11 is 25.0. The smallest absolute Gasteiger partial charge is 0.243 e. The van der Waals surface area contributed by atoms with E-state index in [9.17, 15) is 9.59 Å². The van der Waals surface area contributed by atoms with Crippen molar-refractivity contribution < 1.29 is 9.59 Å². The van der Waals surface area contributed by atoms with Crippen molar-refractivity contribution in [2.24, 2.45) is 0 Å². The monoisotopic (exact) mass is 502 g/mol. The van der Waals surface area contributed by atoms with E-state index in [4.69, 9.17) is 46.4 Å². The fraction of sp³-hybridized carbons (Fsp3) is 0.391. The van der Waals surface area contributed by atoms with Crippen molar-refractivity contribution >= 4 is 58.2 Å². The van der Waals surface area contributed by atoms with E-state index in [1.807, 2.05) is 27.7 Å². The van der Waals surface area contributed by atoms with Crippen LogP contribution < -0.4 is 5.32 Å². The van der Waals surface area contributed by atoms with Crippen LogP contribution in [0.1, 0.15) is 45.2 Å². The highest BCUT2D eigenvalue weighted by molar-refractivity contribution is 6.36. The van der Waals surface area contributed by atoms with Gasteiger partial charge in [-0.25, -0.2) is 0 Å². The van der Waals surface area contributed by atoms with Gasteiger partial charge in [-0.2, -0.15) is 0 Å². The molecule has 0 fully saturated rings. The molecule has 2 amide bonds. The number of carbonyl (C=O) groups is 2. The molecule has 0 aliphatic carbocycles. The molecule has 2 aromatic rings. The predicted molar refractivity (Wildman–Crippen MR) is 129 cm³/mol. The van der Waals surface area contributed by atoms with Crippen molar-refractivity contribution in [3.8, 4) is 0 Å². The molecule has 1 N–H and O–H groups in total. The SMILES string of the molecule is CC[C@@H](C(=O)NC(C)(C)C)N(Cc1c(Cl)cccc1Cl)C(=O)Cc1ccc(Cl)cc1Cl. The summed E-state index contributed by atoms with van der Waals surface area (Å²) in [6.07, 6.45) is 0.432. The maximum atomic E-state index is 13.4. The van der Waals surface area contributed by atoms with Crippen molar-refractivity contribution in [1.82, 2.24) is 10.2 Å². The Morgan fingerprint density at radius 3 is 2.13 bits per heavy atom. The van der Waals surface area contributed by atoms with Gasteiger partial charge in [0.05, 0.1) is 6.42 Å². The molecule has 1 atom stereocenters. The number of nitrogens with one attached hydrogen (secondary N) is 1. The molecule has 2 aromatic carbocycles. The van der Waals surface area contributed by atoms with E-state index in [2.05, 4.69) is 5.32 Å². The zero-order chi connectivity index (χ0) is 23.3. The van der Waals surface area contributed by atoms with Crippen LogP contribution in [-0.2, 0) is 22.6 Å². The van der Waals surface area contributed by atoms with Crippen LogP contribution in [0.3, 0.4) is 0 Å². The lowest BCUT2D eigenvalue weighted by atomic mass is 10.0. The number of hydrogen-bond acceptors (Lipinski definition) is 2. The summed E-state index contributed by atoms with van der Waals surface area (Å²) in [6, 6.07) is 9.41. The number of amides is 2. The summed E-state index contributed by atoms with van der Waals surface area (Å²) in [4.78, 5) is 28.0. The van der Waals surface area contributed by atoms with Crippen LogP contribution >= 0.6 is 46.4 Å². The Kier molecular flexibility index (Phi) is 9.08. The second-order valence-corrected chi connectivity index (χ2v) is 9.96. The van der Waals surface area contributed by atoms with Gasteiger partial charge < -0.3 is 10.2 Å². The van der Waals surface area contributed by atoms with Crippen LogP contribution in [0.5, 0.6) is 0 Å². The topological polar surface area (TPSA) is 49.4 Å². The molecule has 0 saturated carbocycles. The van der Waals surface area contributed by atoms with Gasteiger partial charge in [-0.1, -0.05) is 65.5 Å². The van der Waals surface area contributed by atoms with E-state index in [1.165, 1.54) is 4.90 Å². The lowest BCUT2D eigenvalue weighted by molar-refractivity contribution is -0.141. The molecular weight excluding hydrogens is 478 g/mol. The standard InChI is InChI=1S/C23H26Cl4N2O2/c1-5-20(22(31)28-23(2,3)4)29(13-16-17(25)7-6-8-18(16)26)21(30)11-14-9-10-15(24)12-19(14)27/h6-10,12,20H,5,11,13H2,1-4H3,(H,28,31)/t20-/m0/s1. The van der Waals surface area contributed by atoms with Gasteiger partial charge in [0.1, 0.15) is 6.04 Å². The Bertz CT molecular complexity index is 937. The lowest BCUT2D eigenvalue weighted by Gasteiger charge is -2.33. The second kappa shape index (κ2) is 10.9. The van der Waals surface area contributed by atoms with Crippen molar-refractivity contribution in [2.75, 3.05) is 0 Å². The minimum absolute atomic E-state index is 0.0113. The van der Waals surface area contributed by atoms with Crippen LogP contribution in [0.15, 0.2) is 36.4 Å². The summed E-state index contributed by atoms with van der Waals surface area (Å²) < 4.78 is 0. The van der Waals surface area contributed by atoms with Gasteiger partial charge in [0, 0.05) is 37.7 Å². The van der Waals surface area contributed by atoms with Crippen LogP contribution in [-0.4, -0.2) is 28.3 Å². The molecule has 2 rings (SSSR count). The third-order valence-corrected chi connectivity index (χ3v) is 5.93. The Hall–Kier alpha value is -1.46. The largest absolute Gasteiger partial charge is 0.350 e. The number of halogens is 4. The van der Waals surface area contributed by atoms with Gasteiger partial charge in [-0.15, -0.1) is 0 Å². The first-order valence-electron chi connectivity index (χ1n) is 9.91. The molecule has 0 aromatic heterocycles. The van der Waals surface area contributed by atoms with E-state index >= 15 is 0 Å². The minimum Gasteiger partial charge on any atom is -0.350 e. The van der Waals surface area contributed by atoms with E-state index in [1.54, 1.807) is 36.4 Å². The minimum atomic E-state index is -0.704. The third-order valence-electron chi connectivity index (χ3n) is 4.63. The van der Waals surface area contributed by atoms with E-state index in [-0.39, 0.29) is 24.8 Å². The molecule has 0 spiro atoms. The Labute approximate surface area is 203 Å². The van der Waals surface area contributed by atoms with Gasteiger partial charge in [0.25, 0.3) is 0 Å². The first kappa shape index (κ1) is 25.8. The van der Waals surface area contributed by atoms with Crippen molar-refractivity contribution in [1.29, 1.82) is 0 Å². The third kappa shape index (κ3) is 7.28. The highest BCUT2D eigenvalue weighted by Gasteiger charge is 2.31. The Morgan fingerprint density at radius 1 is 1.00 bits per heavy atom. The highest BCUT2D eigenvalue weighted by Crippen LogP contribution is 2.28. The zero-order valence-electron chi connectivity index (χ0n) is 17.9. The first-order valence-corrected chi connectivity index (χ1v) is 11.4. The van der Waals surface area contributed by atoms with Gasteiger partial charge in [-0.05, 0) is 57.0 Å². The van der Waals surface area contributed by atoms with Crippen molar-refractivity contribution in [3.63, 3.8) is 0 Å². The summed E-state index contributed by atoms with van der Waals surface area (Å²) in [5, 5.41) is 4.70.